The number of hydrogen-bond acceptors (Lipinski definition) is 2. The highest BCUT2D eigenvalue weighted by atomic mass is 16.6. The summed E-state index contributed by atoms with van der Waals surface area (Å²) < 4.78 is 0. The van der Waals surface area contributed by atoms with E-state index < -0.39 is 0 Å². The second kappa shape index (κ2) is 4.57. The Kier molecular flexibility index (Phi) is 2.96. The number of rotatable bonds is 3. The lowest BCUT2D eigenvalue weighted by Gasteiger charge is -1.97. The summed E-state index contributed by atoms with van der Waals surface area (Å²) in [4.78, 5) is 10.2. The van der Waals surface area contributed by atoms with Gasteiger partial charge in [0.05, 0.1) is 4.92 Å². The summed E-state index contributed by atoms with van der Waals surface area (Å²) in [5.74, 6) is 0.305. The smallest absolute Gasteiger partial charge is 0.258 e. The molecule has 0 heterocycles. The van der Waals surface area contributed by atoms with E-state index in [0.29, 0.717) is 5.92 Å². The van der Waals surface area contributed by atoms with Gasteiger partial charge in [0.15, 0.2) is 0 Å². The molecule has 0 saturated carbocycles. The van der Waals surface area contributed by atoms with Gasteiger partial charge in [0.2, 0.25) is 0 Å². The van der Waals surface area contributed by atoms with Crippen LogP contribution in [0.5, 0.6) is 0 Å². The average molecular weight is 213 g/mol. The second-order valence-electron chi connectivity index (χ2n) is 3.56. The van der Waals surface area contributed by atoms with Gasteiger partial charge in [-0.05, 0) is 5.56 Å². The summed E-state index contributed by atoms with van der Waals surface area (Å²) in [7, 11) is 0. The fraction of sp³-hybridized carbons (Fsp3) is 0.0769. The van der Waals surface area contributed by atoms with E-state index in [1.54, 1.807) is 12.1 Å². The minimum Gasteiger partial charge on any atom is -0.258 e. The monoisotopic (exact) mass is 213 g/mol. The number of benzene rings is 1. The van der Waals surface area contributed by atoms with Crippen molar-refractivity contribution >= 4 is 11.8 Å². The molecule has 0 radical (unpaired) electrons. The molecule has 0 spiro atoms. The van der Waals surface area contributed by atoms with Crippen molar-refractivity contribution in [1.29, 1.82) is 0 Å². The maximum Gasteiger partial charge on any atom is 0.270 e. The molecule has 0 bridgehead atoms. The Balaban J connectivity index is 2.15. The highest BCUT2D eigenvalue weighted by Crippen LogP contribution is 2.16. The first kappa shape index (κ1) is 10.4. The van der Waals surface area contributed by atoms with Crippen LogP contribution in [0.3, 0.4) is 0 Å². The first-order valence-corrected chi connectivity index (χ1v) is 5.03. The predicted octanol–water partition coefficient (Wildman–Crippen LogP) is 3.35. The molecule has 16 heavy (non-hydrogen) atoms. The molecule has 0 N–H and O–H groups in total. The van der Waals surface area contributed by atoms with Gasteiger partial charge in [0.25, 0.3) is 5.69 Å². The number of allylic oxidation sites excluding steroid dienone is 5. The van der Waals surface area contributed by atoms with E-state index in [4.69, 9.17) is 0 Å². The maximum absolute atomic E-state index is 10.6. The van der Waals surface area contributed by atoms with E-state index in [9.17, 15) is 10.1 Å². The maximum atomic E-state index is 10.6. The van der Waals surface area contributed by atoms with Gasteiger partial charge in [0, 0.05) is 18.1 Å². The molecule has 0 saturated heterocycles. The Labute approximate surface area is 93.6 Å². The number of hydrogen-bond donors (Lipinski definition) is 0. The van der Waals surface area contributed by atoms with Crippen molar-refractivity contribution in [2.24, 2.45) is 5.92 Å². The van der Waals surface area contributed by atoms with E-state index in [1.807, 2.05) is 30.4 Å². The Morgan fingerprint density at radius 1 is 1.25 bits per heavy atom. The third-order valence-electron chi connectivity index (χ3n) is 2.37. The lowest BCUT2D eigenvalue weighted by molar-refractivity contribution is -0.384. The van der Waals surface area contributed by atoms with Crippen molar-refractivity contribution in [2.75, 3.05) is 0 Å². The fourth-order valence-corrected chi connectivity index (χ4v) is 1.54. The van der Waals surface area contributed by atoms with Gasteiger partial charge in [-0.3, -0.25) is 10.1 Å². The van der Waals surface area contributed by atoms with E-state index in [-0.39, 0.29) is 10.6 Å². The molecule has 1 aromatic carbocycles. The van der Waals surface area contributed by atoms with Crippen LogP contribution in [0.1, 0.15) is 5.56 Å². The molecule has 0 fully saturated rings. The summed E-state index contributed by atoms with van der Waals surface area (Å²) in [5, 5.41) is 10.6. The number of nitrogens with zero attached hydrogens (tertiary/aromatic N) is 1. The molecule has 3 nitrogen and oxygen atoms in total. The molecule has 0 aliphatic heterocycles. The van der Waals surface area contributed by atoms with Crippen molar-refractivity contribution in [3.05, 3.63) is 70.3 Å². The van der Waals surface area contributed by atoms with Crippen LogP contribution in [0, 0.1) is 16.0 Å². The van der Waals surface area contributed by atoms with E-state index in [1.165, 1.54) is 6.07 Å². The molecule has 80 valence electrons. The molecule has 0 unspecified atom stereocenters. The van der Waals surface area contributed by atoms with E-state index >= 15 is 0 Å². The molecule has 1 aromatic rings. The standard InChI is InChI=1S/C13H11NO2/c15-14(16)13-7-3-6-12(10-13)9-8-11-4-1-2-5-11/h1-11H/b9-8+. The highest BCUT2D eigenvalue weighted by Gasteiger charge is 2.04. The topological polar surface area (TPSA) is 43.1 Å². The number of nitro benzene ring substituents is 1. The normalized spacial score (nSPS) is 15.0. The first-order chi connectivity index (χ1) is 7.75. The molecule has 0 amide bonds. The zero-order valence-corrected chi connectivity index (χ0v) is 8.61. The average Bonchev–Trinajstić information content (AvgIpc) is 2.79. The summed E-state index contributed by atoms with van der Waals surface area (Å²) in [6, 6.07) is 6.61. The van der Waals surface area contributed by atoms with Crippen LogP contribution < -0.4 is 0 Å². The van der Waals surface area contributed by atoms with Crippen LogP contribution in [-0.2, 0) is 0 Å². The van der Waals surface area contributed by atoms with Crippen molar-refractivity contribution in [1.82, 2.24) is 0 Å². The van der Waals surface area contributed by atoms with Crippen LogP contribution in [0.25, 0.3) is 6.08 Å². The zero-order chi connectivity index (χ0) is 11.4. The van der Waals surface area contributed by atoms with Crippen molar-refractivity contribution in [2.45, 2.75) is 0 Å². The Morgan fingerprint density at radius 3 is 2.69 bits per heavy atom. The van der Waals surface area contributed by atoms with Crippen LogP contribution in [0.15, 0.2) is 54.6 Å². The number of non-ortho nitro benzene ring substituents is 1. The van der Waals surface area contributed by atoms with Crippen molar-refractivity contribution < 1.29 is 4.92 Å². The first-order valence-electron chi connectivity index (χ1n) is 5.03. The van der Waals surface area contributed by atoms with Crippen LogP contribution in [0.4, 0.5) is 5.69 Å². The molecule has 0 aromatic heterocycles. The van der Waals surface area contributed by atoms with Crippen LogP contribution in [0.2, 0.25) is 0 Å². The van der Waals surface area contributed by atoms with Gasteiger partial charge < -0.3 is 0 Å². The van der Waals surface area contributed by atoms with E-state index in [2.05, 4.69) is 12.2 Å². The predicted molar refractivity (Wildman–Crippen MR) is 63.9 cm³/mol. The molecule has 1 aliphatic rings. The van der Waals surface area contributed by atoms with Crippen LogP contribution >= 0.6 is 0 Å². The minimum atomic E-state index is -0.382. The van der Waals surface area contributed by atoms with Gasteiger partial charge >= 0.3 is 0 Å². The minimum absolute atomic E-state index is 0.125. The fourth-order valence-electron chi connectivity index (χ4n) is 1.54. The summed E-state index contributed by atoms with van der Waals surface area (Å²) >= 11 is 0. The summed E-state index contributed by atoms with van der Waals surface area (Å²) in [6.45, 7) is 0. The third-order valence-corrected chi connectivity index (χ3v) is 2.37. The van der Waals surface area contributed by atoms with Gasteiger partial charge in [-0.1, -0.05) is 48.6 Å². The summed E-state index contributed by atoms with van der Waals surface area (Å²) in [5.41, 5.74) is 0.975. The quantitative estimate of drug-likeness (QED) is 0.570. The van der Waals surface area contributed by atoms with Crippen LogP contribution in [-0.4, -0.2) is 4.92 Å². The SMILES string of the molecule is O=[N+]([O-])c1cccc(/C=C/C2C=CC=C2)c1. The van der Waals surface area contributed by atoms with Gasteiger partial charge in [-0.15, -0.1) is 0 Å². The van der Waals surface area contributed by atoms with E-state index in [0.717, 1.165) is 5.56 Å². The lowest BCUT2D eigenvalue weighted by atomic mass is 10.1. The summed E-state index contributed by atoms with van der Waals surface area (Å²) in [6.07, 6.45) is 12.0. The second-order valence-corrected chi connectivity index (χ2v) is 3.56. The molecule has 1 aliphatic carbocycles. The molecule has 0 atom stereocenters. The third kappa shape index (κ3) is 2.45. The zero-order valence-electron chi connectivity index (χ0n) is 8.61. The Bertz CT molecular complexity index is 474. The largest absolute Gasteiger partial charge is 0.270 e. The van der Waals surface area contributed by atoms with Crippen molar-refractivity contribution in [3.8, 4) is 0 Å². The van der Waals surface area contributed by atoms with Gasteiger partial charge in [-0.25, -0.2) is 0 Å². The van der Waals surface area contributed by atoms with Gasteiger partial charge in [-0.2, -0.15) is 0 Å². The van der Waals surface area contributed by atoms with Crippen molar-refractivity contribution in [3.63, 3.8) is 0 Å². The Morgan fingerprint density at radius 2 is 2.00 bits per heavy atom. The molecular weight excluding hydrogens is 202 g/mol. The van der Waals surface area contributed by atoms with Gasteiger partial charge in [0.1, 0.15) is 0 Å². The highest BCUT2D eigenvalue weighted by molar-refractivity contribution is 5.54. The molecular formula is C13H11NO2. The Hall–Kier alpha value is -2.16. The molecule has 2 rings (SSSR count). The number of nitro groups is 1. The lowest BCUT2D eigenvalue weighted by Crippen LogP contribution is -1.87. The molecule has 3 heteroatoms.